The van der Waals surface area contributed by atoms with Gasteiger partial charge in [0.15, 0.2) is 0 Å². The fourth-order valence-corrected chi connectivity index (χ4v) is 1.80. The minimum absolute atomic E-state index is 0.0608. The van der Waals surface area contributed by atoms with E-state index < -0.39 is 6.04 Å². The molecule has 0 aliphatic carbocycles. The zero-order valence-corrected chi connectivity index (χ0v) is 9.48. The zero-order chi connectivity index (χ0) is 11.3. The van der Waals surface area contributed by atoms with Crippen LogP contribution in [0.1, 0.15) is 13.3 Å². The van der Waals surface area contributed by atoms with Gasteiger partial charge in [0.05, 0.1) is 6.04 Å². The first-order chi connectivity index (χ1) is 7.19. The fraction of sp³-hybridized carbons (Fsp3) is 0.727. The van der Waals surface area contributed by atoms with Gasteiger partial charge in [0, 0.05) is 26.2 Å². The molecule has 1 aliphatic heterocycles. The van der Waals surface area contributed by atoms with E-state index in [2.05, 4.69) is 18.4 Å². The number of hydrogen-bond donors (Lipinski definition) is 1. The van der Waals surface area contributed by atoms with Crippen molar-refractivity contribution in [3.05, 3.63) is 12.7 Å². The summed E-state index contributed by atoms with van der Waals surface area (Å²) in [5, 5.41) is 0. The highest BCUT2D eigenvalue weighted by Crippen LogP contribution is 2.04. The van der Waals surface area contributed by atoms with Gasteiger partial charge in [-0.05, 0) is 13.0 Å². The number of hydrogen-bond acceptors (Lipinski definition) is 3. The van der Waals surface area contributed by atoms with E-state index in [0.29, 0.717) is 6.42 Å². The molecule has 1 rings (SSSR count). The fourth-order valence-electron chi connectivity index (χ4n) is 1.80. The van der Waals surface area contributed by atoms with Crippen molar-refractivity contribution in [2.24, 2.45) is 5.73 Å². The van der Waals surface area contributed by atoms with Crippen LogP contribution in [-0.4, -0.2) is 54.5 Å². The summed E-state index contributed by atoms with van der Waals surface area (Å²) in [7, 11) is 0. The minimum Gasteiger partial charge on any atom is -0.339 e. The molecule has 0 aromatic carbocycles. The molecule has 1 heterocycles. The lowest BCUT2D eigenvalue weighted by Crippen LogP contribution is -2.52. The number of nitrogens with two attached hydrogens (primary N) is 1. The van der Waals surface area contributed by atoms with E-state index in [-0.39, 0.29) is 5.91 Å². The topological polar surface area (TPSA) is 49.6 Å². The summed E-state index contributed by atoms with van der Waals surface area (Å²) in [5.74, 6) is 0.0608. The van der Waals surface area contributed by atoms with Crippen LogP contribution in [0.25, 0.3) is 0 Å². The Balaban J connectivity index is 2.38. The number of nitrogens with zero attached hydrogens (tertiary/aromatic N) is 2. The summed E-state index contributed by atoms with van der Waals surface area (Å²) in [6.45, 7) is 10.3. The van der Waals surface area contributed by atoms with E-state index in [1.165, 1.54) is 0 Å². The van der Waals surface area contributed by atoms with Gasteiger partial charge >= 0.3 is 0 Å². The van der Waals surface area contributed by atoms with Crippen LogP contribution in [0.4, 0.5) is 0 Å². The van der Waals surface area contributed by atoms with Gasteiger partial charge in [-0.1, -0.05) is 13.0 Å². The average molecular weight is 211 g/mol. The highest BCUT2D eigenvalue weighted by molar-refractivity contribution is 5.81. The van der Waals surface area contributed by atoms with Crippen LogP contribution < -0.4 is 5.73 Å². The maximum atomic E-state index is 11.8. The standard InChI is InChI=1S/C11H21N3O/c1-3-5-10(12)11(15)14-8-6-13(4-2)7-9-14/h3,10H,1,4-9,12H2,2H3. The third kappa shape index (κ3) is 3.32. The summed E-state index contributed by atoms with van der Waals surface area (Å²) < 4.78 is 0. The molecule has 1 atom stereocenters. The number of piperazine rings is 1. The molecule has 0 spiro atoms. The van der Waals surface area contributed by atoms with Crippen LogP contribution in [0, 0.1) is 0 Å². The molecule has 0 radical (unpaired) electrons. The monoisotopic (exact) mass is 211 g/mol. The quantitative estimate of drug-likeness (QED) is 0.669. The van der Waals surface area contributed by atoms with Crippen LogP contribution in [0.2, 0.25) is 0 Å². The average Bonchev–Trinajstić information content (AvgIpc) is 2.28. The van der Waals surface area contributed by atoms with E-state index in [4.69, 9.17) is 5.73 Å². The normalized spacial score (nSPS) is 20.0. The predicted molar refractivity (Wildman–Crippen MR) is 61.5 cm³/mol. The van der Waals surface area contributed by atoms with Gasteiger partial charge in [-0.2, -0.15) is 0 Å². The summed E-state index contributed by atoms with van der Waals surface area (Å²) in [5.41, 5.74) is 5.75. The van der Waals surface area contributed by atoms with E-state index in [1.54, 1.807) is 6.08 Å². The SMILES string of the molecule is C=CCC(N)C(=O)N1CCN(CC)CC1. The van der Waals surface area contributed by atoms with E-state index in [0.717, 1.165) is 32.7 Å². The molecule has 1 unspecified atom stereocenters. The molecule has 2 N–H and O–H groups in total. The maximum absolute atomic E-state index is 11.8. The number of carbonyl (C=O) groups is 1. The van der Waals surface area contributed by atoms with Gasteiger partial charge in [0.1, 0.15) is 0 Å². The lowest BCUT2D eigenvalue weighted by atomic mass is 10.1. The van der Waals surface area contributed by atoms with Crippen molar-refractivity contribution in [1.82, 2.24) is 9.80 Å². The second-order valence-corrected chi connectivity index (χ2v) is 3.89. The first kappa shape index (κ1) is 12.2. The number of rotatable bonds is 4. The van der Waals surface area contributed by atoms with Crippen LogP contribution in [0.15, 0.2) is 12.7 Å². The van der Waals surface area contributed by atoms with Crippen molar-refractivity contribution in [3.8, 4) is 0 Å². The number of carbonyl (C=O) groups excluding carboxylic acids is 1. The molecule has 1 saturated heterocycles. The van der Waals surface area contributed by atoms with Gasteiger partial charge in [0.25, 0.3) is 0 Å². The molecule has 4 nitrogen and oxygen atoms in total. The Morgan fingerprint density at radius 3 is 2.53 bits per heavy atom. The molecule has 15 heavy (non-hydrogen) atoms. The molecule has 0 bridgehead atoms. The molecule has 1 amide bonds. The van der Waals surface area contributed by atoms with E-state index >= 15 is 0 Å². The van der Waals surface area contributed by atoms with Gasteiger partial charge in [-0.3, -0.25) is 4.79 Å². The Bertz CT molecular complexity index is 222. The molecule has 4 heteroatoms. The van der Waals surface area contributed by atoms with E-state index in [1.807, 2.05) is 4.90 Å². The second-order valence-electron chi connectivity index (χ2n) is 3.89. The largest absolute Gasteiger partial charge is 0.339 e. The first-order valence-corrected chi connectivity index (χ1v) is 5.56. The molecule has 0 aromatic rings. The maximum Gasteiger partial charge on any atom is 0.239 e. The van der Waals surface area contributed by atoms with Crippen molar-refractivity contribution in [2.45, 2.75) is 19.4 Å². The van der Waals surface area contributed by atoms with Crippen LogP contribution in [-0.2, 0) is 4.79 Å². The Morgan fingerprint density at radius 1 is 1.47 bits per heavy atom. The van der Waals surface area contributed by atoms with Gasteiger partial charge in [0.2, 0.25) is 5.91 Å². The summed E-state index contributed by atoms with van der Waals surface area (Å²) >= 11 is 0. The van der Waals surface area contributed by atoms with Crippen molar-refractivity contribution in [3.63, 3.8) is 0 Å². The van der Waals surface area contributed by atoms with Crippen molar-refractivity contribution in [1.29, 1.82) is 0 Å². The summed E-state index contributed by atoms with van der Waals surface area (Å²) in [6, 6.07) is -0.407. The molecule has 1 fully saturated rings. The lowest BCUT2D eigenvalue weighted by molar-refractivity contribution is -0.134. The summed E-state index contributed by atoms with van der Waals surface area (Å²) in [6.07, 6.45) is 2.26. The Morgan fingerprint density at radius 2 is 2.07 bits per heavy atom. The van der Waals surface area contributed by atoms with Gasteiger partial charge in [-0.15, -0.1) is 6.58 Å². The van der Waals surface area contributed by atoms with Gasteiger partial charge in [-0.25, -0.2) is 0 Å². The first-order valence-electron chi connectivity index (χ1n) is 5.56. The molecule has 0 aromatic heterocycles. The third-order valence-corrected chi connectivity index (χ3v) is 2.87. The lowest BCUT2D eigenvalue weighted by Gasteiger charge is -2.35. The van der Waals surface area contributed by atoms with Gasteiger partial charge < -0.3 is 15.5 Å². The molecule has 0 saturated carbocycles. The second kappa shape index (κ2) is 5.88. The van der Waals surface area contributed by atoms with Crippen molar-refractivity contribution >= 4 is 5.91 Å². The smallest absolute Gasteiger partial charge is 0.239 e. The zero-order valence-electron chi connectivity index (χ0n) is 9.48. The number of likely N-dealkylation sites (N-methyl/N-ethyl adjacent to an activating group) is 1. The highest BCUT2D eigenvalue weighted by atomic mass is 16.2. The molecular weight excluding hydrogens is 190 g/mol. The Hall–Kier alpha value is -0.870. The predicted octanol–water partition coefficient (Wildman–Crippen LogP) is 0.0539. The Kier molecular flexibility index (Phi) is 4.78. The highest BCUT2D eigenvalue weighted by Gasteiger charge is 2.23. The molecule has 1 aliphatic rings. The number of amides is 1. The third-order valence-electron chi connectivity index (χ3n) is 2.87. The Labute approximate surface area is 91.7 Å². The molecule has 86 valence electrons. The van der Waals surface area contributed by atoms with Crippen molar-refractivity contribution in [2.75, 3.05) is 32.7 Å². The molecular formula is C11H21N3O. The van der Waals surface area contributed by atoms with Crippen LogP contribution in [0.5, 0.6) is 0 Å². The summed E-state index contributed by atoms with van der Waals surface area (Å²) in [4.78, 5) is 16.0. The minimum atomic E-state index is -0.407. The van der Waals surface area contributed by atoms with E-state index in [9.17, 15) is 4.79 Å². The van der Waals surface area contributed by atoms with Crippen molar-refractivity contribution < 1.29 is 4.79 Å². The van der Waals surface area contributed by atoms with Crippen LogP contribution in [0.3, 0.4) is 0 Å². The van der Waals surface area contributed by atoms with Crippen LogP contribution >= 0.6 is 0 Å².